The van der Waals surface area contributed by atoms with Gasteiger partial charge in [0.2, 0.25) is 0 Å². The lowest BCUT2D eigenvalue weighted by atomic mass is 9.89. The summed E-state index contributed by atoms with van der Waals surface area (Å²) in [4.78, 5) is 11.4. The van der Waals surface area contributed by atoms with Crippen molar-refractivity contribution in [3.05, 3.63) is 34.6 Å². The molecule has 1 aromatic carbocycles. The number of benzene rings is 1. The van der Waals surface area contributed by atoms with E-state index in [0.717, 1.165) is 6.07 Å². The van der Waals surface area contributed by atoms with Gasteiger partial charge in [0.15, 0.2) is 5.78 Å². The molecule has 0 fully saturated rings. The molecule has 1 aromatic rings. The Hall–Kier alpha value is -1.39. The van der Waals surface area contributed by atoms with Gasteiger partial charge in [-0.2, -0.15) is 13.2 Å². The fourth-order valence-electron chi connectivity index (χ4n) is 1.87. The van der Waals surface area contributed by atoms with E-state index in [9.17, 15) is 22.4 Å². The monoisotopic (exact) mass is 232 g/mol. The molecule has 5 heteroatoms. The number of ketones is 1. The van der Waals surface area contributed by atoms with E-state index in [2.05, 4.69) is 0 Å². The molecule has 16 heavy (non-hydrogen) atoms. The van der Waals surface area contributed by atoms with Crippen LogP contribution in [0.5, 0.6) is 0 Å². The molecule has 2 rings (SSSR count). The van der Waals surface area contributed by atoms with E-state index in [4.69, 9.17) is 0 Å². The van der Waals surface area contributed by atoms with E-state index in [1.165, 1.54) is 0 Å². The predicted molar refractivity (Wildman–Crippen MR) is 48.7 cm³/mol. The average molecular weight is 232 g/mol. The first-order valence-corrected chi connectivity index (χ1v) is 4.82. The molecule has 0 saturated carbocycles. The van der Waals surface area contributed by atoms with Crippen molar-refractivity contribution in [1.82, 2.24) is 0 Å². The summed E-state index contributed by atoms with van der Waals surface area (Å²) in [5.74, 6) is -1.65. The van der Waals surface area contributed by atoms with Gasteiger partial charge in [0.1, 0.15) is 5.82 Å². The van der Waals surface area contributed by atoms with Gasteiger partial charge >= 0.3 is 6.18 Å². The number of hydrogen-bond donors (Lipinski definition) is 0. The van der Waals surface area contributed by atoms with Gasteiger partial charge < -0.3 is 0 Å². The Morgan fingerprint density at radius 2 is 1.81 bits per heavy atom. The van der Waals surface area contributed by atoms with Crippen LogP contribution in [-0.2, 0) is 12.6 Å². The highest BCUT2D eigenvalue weighted by Crippen LogP contribution is 2.34. The van der Waals surface area contributed by atoms with Crippen LogP contribution in [0.3, 0.4) is 0 Å². The van der Waals surface area contributed by atoms with Crippen LogP contribution in [0.25, 0.3) is 0 Å². The molecule has 1 aliphatic carbocycles. The number of fused-ring (bicyclic) bond motifs is 1. The minimum absolute atomic E-state index is 0.0139. The van der Waals surface area contributed by atoms with E-state index in [-0.39, 0.29) is 17.8 Å². The minimum atomic E-state index is -4.75. The van der Waals surface area contributed by atoms with Gasteiger partial charge in [-0.1, -0.05) is 0 Å². The second kappa shape index (κ2) is 3.57. The van der Waals surface area contributed by atoms with Crippen molar-refractivity contribution in [3.63, 3.8) is 0 Å². The Labute approximate surface area is 89.1 Å². The second-order valence-corrected chi connectivity index (χ2v) is 3.76. The van der Waals surface area contributed by atoms with Crippen LogP contribution in [0.2, 0.25) is 0 Å². The number of carbonyl (C=O) groups is 1. The van der Waals surface area contributed by atoms with Crippen LogP contribution in [-0.4, -0.2) is 5.78 Å². The summed E-state index contributed by atoms with van der Waals surface area (Å²) in [7, 11) is 0. The Balaban J connectivity index is 2.59. The van der Waals surface area contributed by atoms with Crippen LogP contribution in [0.1, 0.15) is 34.3 Å². The number of aryl methyl sites for hydroxylation is 1. The smallest absolute Gasteiger partial charge is 0.294 e. The molecule has 0 spiro atoms. The Bertz CT molecular complexity index is 448. The van der Waals surface area contributed by atoms with Crippen LogP contribution in [0.15, 0.2) is 12.1 Å². The standard InChI is InChI=1S/C11H8F4O/c12-9-4-6-2-1-3-10(16)7(6)5-8(9)11(13,14)15/h4-5H,1-3H2. The molecule has 0 amide bonds. The first-order valence-electron chi connectivity index (χ1n) is 4.82. The third kappa shape index (κ3) is 1.81. The van der Waals surface area contributed by atoms with Crippen LogP contribution < -0.4 is 0 Å². The summed E-state index contributed by atoms with van der Waals surface area (Å²) in [6.07, 6.45) is -3.50. The molecular weight excluding hydrogens is 224 g/mol. The van der Waals surface area contributed by atoms with Crippen molar-refractivity contribution >= 4 is 5.78 Å². The quantitative estimate of drug-likeness (QED) is 0.627. The second-order valence-electron chi connectivity index (χ2n) is 3.76. The van der Waals surface area contributed by atoms with Gasteiger partial charge in [-0.25, -0.2) is 4.39 Å². The third-order valence-corrected chi connectivity index (χ3v) is 2.65. The summed E-state index contributed by atoms with van der Waals surface area (Å²) in [6, 6.07) is 1.46. The van der Waals surface area contributed by atoms with Crippen LogP contribution in [0.4, 0.5) is 17.6 Å². The average Bonchev–Trinajstić information content (AvgIpc) is 2.15. The van der Waals surface area contributed by atoms with Gasteiger partial charge in [0.25, 0.3) is 0 Å². The first-order chi connectivity index (χ1) is 7.39. The normalized spacial score (nSPS) is 16.1. The van der Waals surface area contributed by atoms with Crippen LogP contribution >= 0.6 is 0 Å². The van der Waals surface area contributed by atoms with Crippen molar-refractivity contribution in [2.24, 2.45) is 0 Å². The topological polar surface area (TPSA) is 17.1 Å². The molecule has 1 aliphatic rings. The highest BCUT2D eigenvalue weighted by molar-refractivity contribution is 5.98. The number of carbonyl (C=O) groups excluding carboxylic acids is 1. The molecule has 0 aliphatic heterocycles. The molecule has 0 radical (unpaired) electrons. The van der Waals surface area contributed by atoms with E-state index < -0.39 is 17.6 Å². The number of halogens is 4. The van der Waals surface area contributed by atoms with Crippen molar-refractivity contribution in [3.8, 4) is 0 Å². The molecule has 86 valence electrons. The SMILES string of the molecule is O=C1CCCc2cc(F)c(C(F)(F)F)cc21. The van der Waals surface area contributed by atoms with Crippen molar-refractivity contribution in [1.29, 1.82) is 0 Å². The maximum absolute atomic E-state index is 13.2. The summed E-state index contributed by atoms with van der Waals surface area (Å²) < 4.78 is 50.4. The fraction of sp³-hybridized carbons (Fsp3) is 0.364. The molecule has 0 N–H and O–H groups in total. The minimum Gasteiger partial charge on any atom is -0.294 e. The van der Waals surface area contributed by atoms with Gasteiger partial charge in [-0.05, 0) is 30.5 Å². The van der Waals surface area contributed by atoms with Gasteiger partial charge in [0, 0.05) is 12.0 Å². The third-order valence-electron chi connectivity index (χ3n) is 2.65. The molecule has 0 heterocycles. The maximum atomic E-state index is 13.2. The first kappa shape index (κ1) is 11.1. The molecule has 1 nitrogen and oxygen atoms in total. The van der Waals surface area contributed by atoms with Crippen molar-refractivity contribution in [2.45, 2.75) is 25.4 Å². The van der Waals surface area contributed by atoms with E-state index in [1.807, 2.05) is 0 Å². The molecule has 0 aromatic heterocycles. The fourth-order valence-corrected chi connectivity index (χ4v) is 1.87. The summed E-state index contributed by atoms with van der Waals surface area (Å²) >= 11 is 0. The Morgan fingerprint density at radius 1 is 1.12 bits per heavy atom. The Kier molecular flexibility index (Phi) is 2.48. The molecule has 0 saturated heterocycles. The zero-order chi connectivity index (χ0) is 11.9. The lowest BCUT2D eigenvalue weighted by Gasteiger charge is -2.17. The number of alkyl halides is 3. The summed E-state index contributed by atoms with van der Waals surface area (Å²) in [6.45, 7) is 0. The van der Waals surface area contributed by atoms with Gasteiger partial charge in [-0.3, -0.25) is 4.79 Å². The largest absolute Gasteiger partial charge is 0.419 e. The maximum Gasteiger partial charge on any atom is 0.419 e. The lowest BCUT2D eigenvalue weighted by Crippen LogP contribution is -2.16. The molecule has 0 bridgehead atoms. The molecule has 0 unspecified atom stereocenters. The highest BCUT2D eigenvalue weighted by Gasteiger charge is 2.36. The zero-order valence-corrected chi connectivity index (χ0v) is 8.20. The lowest BCUT2D eigenvalue weighted by molar-refractivity contribution is -0.140. The zero-order valence-electron chi connectivity index (χ0n) is 8.20. The molecular formula is C11H8F4O. The van der Waals surface area contributed by atoms with E-state index in [1.54, 1.807) is 0 Å². The van der Waals surface area contributed by atoms with Crippen LogP contribution in [0, 0.1) is 5.82 Å². The summed E-state index contributed by atoms with van der Waals surface area (Å²) in [5.41, 5.74) is -0.969. The number of hydrogen-bond acceptors (Lipinski definition) is 1. The highest BCUT2D eigenvalue weighted by atomic mass is 19.4. The molecule has 0 atom stereocenters. The number of rotatable bonds is 0. The summed E-state index contributed by atoms with van der Waals surface area (Å²) in [5, 5.41) is 0. The van der Waals surface area contributed by atoms with Crippen molar-refractivity contribution in [2.75, 3.05) is 0 Å². The number of Topliss-reactive ketones (excluding diaryl/α,β-unsaturated/α-hetero) is 1. The Morgan fingerprint density at radius 3 is 2.44 bits per heavy atom. The predicted octanol–water partition coefficient (Wildman–Crippen LogP) is 3.36. The van der Waals surface area contributed by atoms with Crippen molar-refractivity contribution < 1.29 is 22.4 Å². The van der Waals surface area contributed by atoms with E-state index in [0.29, 0.717) is 24.5 Å². The van der Waals surface area contributed by atoms with Gasteiger partial charge in [0.05, 0.1) is 5.56 Å². The van der Waals surface area contributed by atoms with Gasteiger partial charge in [-0.15, -0.1) is 0 Å². The van der Waals surface area contributed by atoms with E-state index >= 15 is 0 Å².